The Morgan fingerprint density at radius 1 is 0.971 bits per heavy atom. The van der Waals surface area contributed by atoms with Crippen LogP contribution in [0, 0.1) is 6.92 Å². The van der Waals surface area contributed by atoms with E-state index in [0.29, 0.717) is 42.9 Å². The molecule has 1 amide bonds. The van der Waals surface area contributed by atoms with Gasteiger partial charge in [0.15, 0.2) is 11.5 Å². The van der Waals surface area contributed by atoms with E-state index in [0.717, 1.165) is 22.3 Å². The third kappa shape index (κ3) is 6.19. The lowest BCUT2D eigenvalue weighted by atomic mass is 10.1. The van der Waals surface area contributed by atoms with Gasteiger partial charge in [-0.15, -0.1) is 10.2 Å². The predicted octanol–water partition coefficient (Wildman–Crippen LogP) is 4.28. The van der Waals surface area contributed by atoms with Crippen molar-refractivity contribution in [3.8, 4) is 23.0 Å². The predicted molar refractivity (Wildman–Crippen MR) is 126 cm³/mol. The van der Waals surface area contributed by atoms with Crippen molar-refractivity contribution in [3.63, 3.8) is 0 Å². The number of amides is 1. The van der Waals surface area contributed by atoms with E-state index in [4.69, 9.17) is 13.9 Å². The van der Waals surface area contributed by atoms with Gasteiger partial charge in [-0.1, -0.05) is 23.8 Å². The van der Waals surface area contributed by atoms with Crippen molar-refractivity contribution in [1.82, 2.24) is 20.5 Å². The first-order chi connectivity index (χ1) is 16.6. The minimum absolute atomic E-state index is 0.105. The van der Waals surface area contributed by atoms with E-state index in [1.54, 1.807) is 19.5 Å². The van der Waals surface area contributed by atoms with Crippen LogP contribution in [0.15, 0.2) is 71.4 Å². The maximum atomic E-state index is 12.3. The van der Waals surface area contributed by atoms with Crippen molar-refractivity contribution in [1.29, 1.82) is 0 Å². The van der Waals surface area contributed by atoms with Crippen LogP contribution in [-0.2, 0) is 24.4 Å². The van der Waals surface area contributed by atoms with Gasteiger partial charge in [-0.05, 0) is 54.4 Å². The highest BCUT2D eigenvalue weighted by molar-refractivity contribution is 5.76. The number of ether oxygens (including phenoxy) is 2. The normalized spacial score (nSPS) is 10.6. The van der Waals surface area contributed by atoms with Crippen LogP contribution in [0.3, 0.4) is 0 Å². The molecular weight excluding hydrogens is 432 g/mol. The lowest BCUT2D eigenvalue weighted by Crippen LogP contribution is -2.23. The van der Waals surface area contributed by atoms with Gasteiger partial charge in [-0.25, -0.2) is 0 Å². The number of benzene rings is 2. The molecule has 0 aliphatic rings. The highest BCUT2D eigenvalue weighted by Crippen LogP contribution is 2.29. The van der Waals surface area contributed by atoms with Crippen molar-refractivity contribution in [2.24, 2.45) is 0 Å². The van der Waals surface area contributed by atoms with Gasteiger partial charge in [0, 0.05) is 37.3 Å². The molecule has 174 valence electrons. The van der Waals surface area contributed by atoms with Gasteiger partial charge in [0.25, 0.3) is 0 Å². The fourth-order valence-corrected chi connectivity index (χ4v) is 3.26. The number of methoxy groups -OCH3 is 1. The molecule has 2 aromatic carbocycles. The Balaban J connectivity index is 1.26. The summed E-state index contributed by atoms with van der Waals surface area (Å²) in [6, 6.07) is 17.2. The van der Waals surface area contributed by atoms with Crippen LogP contribution in [0.25, 0.3) is 11.5 Å². The molecular formula is C26H26N4O4. The van der Waals surface area contributed by atoms with Gasteiger partial charge in [-0.2, -0.15) is 0 Å². The summed E-state index contributed by atoms with van der Waals surface area (Å²) < 4.78 is 17.0. The van der Waals surface area contributed by atoms with Crippen LogP contribution in [0.4, 0.5) is 0 Å². The monoisotopic (exact) mass is 458 g/mol. The Morgan fingerprint density at radius 2 is 1.76 bits per heavy atom. The topological polar surface area (TPSA) is 99.4 Å². The summed E-state index contributed by atoms with van der Waals surface area (Å²) in [7, 11) is 1.59. The van der Waals surface area contributed by atoms with Gasteiger partial charge in [0.2, 0.25) is 17.7 Å². The summed E-state index contributed by atoms with van der Waals surface area (Å²) in [6.45, 7) is 2.80. The Labute approximate surface area is 198 Å². The summed E-state index contributed by atoms with van der Waals surface area (Å²) in [4.78, 5) is 16.3. The second-order valence-electron chi connectivity index (χ2n) is 7.77. The summed E-state index contributed by atoms with van der Waals surface area (Å²) >= 11 is 0. The Kier molecular flexibility index (Phi) is 7.49. The number of carbonyl (C=O) groups is 1. The minimum Gasteiger partial charge on any atom is -0.493 e. The average Bonchev–Trinajstić information content (AvgIpc) is 3.35. The van der Waals surface area contributed by atoms with E-state index < -0.39 is 0 Å². The molecule has 0 aliphatic heterocycles. The lowest BCUT2D eigenvalue weighted by molar-refractivity contribution is -0.121. The fraction of sp³-hybridized carbons (Fsp3) is 0.231. The van der Waals surface area contributed by atoms with E-state index in [1.165, 1.54) is 0 Å². The number of pyridine rings is 1. The first-order valence-corrected chi connectivity index (χ1v) is 11.0. The number of hydrogen-bond acceptors (Lipinski definition) is 7. The van der Waals surface area contributed by atoms with Crippen molar-refractivity contribution in [3.05, 3.63) is 89.6 Å². The van der Waals surface area contributed by atoms with Crippen molar-refractivity contribution < 1.29 is 18.7 Å². The van der Waals surface area contributed by atoms with E-state index in [9.17, 15) is 4.79 Å². The molecule has 0 radical (unpaired) electrons. The van der Waals surface area contributed by atoms with Crippen LogP contribution >= 0.6 is 0 Å². The summed E-state index contributed by atoms with van der Waals surface area (Å²) in [5.74, 6) is 2.02. The first kappa shape index (κ1) is 23.0. The lowest BCUT2D eigenvalue weighted by Gasteiger charge is -2.12. The van der Waals surface area contributed by atoms with Gasteiger partial charge < -0.3 is 19.2 Å². The van der Waals surface area contributed by atoms with E-state index in [-0.39, 0.29) is 12.3 Å². The molecule has 34 heavy (non-hydrogen) atoms. The number of aryl methyl sites for hydroxylation is 2. The molecule has 0 saturated heterocycles. The summed E-state index contributed by atoms with van der Waals surface area (Å²) in [5, 5.41) is 11.0. The van der Waals surface area contributed by atoms with E-state index in [1.807, 2.05) is 61.5 Å². The number of hydrogen-bond donors (Lipinski definition) is 1. The van der Waals surface area contributed by atoms with Crippen LogP contribution in [0.5, 0.6) is 11.5 Å². The van der Waals surface area contributed by atoms with Crippen LogP contribution < -0.4 is 14.8 Å². The molecule has 0 fully saturated rings. The van der Waals surface area contributed by atoms with Crippen molar-refractivity contribution in [2.45, 2.75) is 32.9 Å². The van der Waals surface area contributed by atoms with Crippen molar-refractivity contribution >= 4 is 5.91 Å². The number of rotatable bonds is 10. The molecule has 1 N–H and O–H groups in total. The SMILES string of the molecule is COc1cc(CNC(=O)CCc2nnc(-c3ccc(C)cc3)o2)ccc1OCc1ccncc1. The third-order valence-electron chi connectivity index (χ3n) is 5.19. The fourth-order valence-electron chi connectivity index (χ4n) is 3.26. The summed E-state index contributed by atoms with van der Waals surface area (Å²) in [5.41, 5.74) is 3.93. The van der Waals surface area contributed by atoms with E-state index in [2.05, 4.69) is 20.5 Å². The first-order valence-electron chi connectivity index (χ1n) is 11.0. The molecule has 8 heteroatoms. The molecule has 4 aromatic rings. The molecule has 0 aliphatic carbocycles. The highest BCUT2D eigenvalue weighted by atomic mass is 16.5. The minimum atomic E-state index is -0.105. The van der Waals surface area contributed by atoms with Crippen molar-refractivity contribution in [2.75, 3.05) is 7.11 Å². The third-order valence-corrected chi connectivity index (χ3v) is 5.19. The smallest absolute Gasteiger partial charge is 0.247 e. The zero-order valence-corrected chi connectivity index (χ0v) is 19.2. The highest BCUT2D eigenvalue weighted by Gasteiger charge is 2.11. The van der Waals surface area contributed by atoms with Gasteiger partial charge in [-0.3, -0.25) is 9.78 Å². The Morgan fingerprint density at radius 3 is 2.53 bits per heavy atom. The van der Waals surface area contributed by atoms with Crippen LogP contribution in [-0.4, -0.2) is 28.2 Å². The van der Waals surface area contributed by atoms with Crippen LogP contribution in [0.1, 0.15) is 29.0 Å². The molecule has 4 rings (SSSR count). The molecule has 0 bridgehead atoms. The molecule has 2 heterocycles. The number of nitrogens with one attached hydrogen (secondary N) is 1. The Hall–Kier alpha value is -4.20. The van der Waals surface area contributed by atoms with E-state index >= 15 is 0 Å². The number of aromatic nitrogens is 3. The number of nitrogens with zero attached hydrogens (tertiary/aromatic N) is 3. The maximum absolute atomic E-state index is 12.3. The van der Waals surface area contributed by atoms with Crippen LogP contribution in [0.2, 0.25) is 0 Å². The molecule has 8 nitrogen and oxygen atoms in total. The largest absolute Gasteiger partial charge is 0.493 e. The molecule has 0 spiro atoms. The second-order valence-corrected chi connectivity index (χ2v) is 7.77. The molecule has 0 unspecified atom stereocenters. The Bertz CT molecular complexity index is 1220. The quantitative estimate of drug-likeness (QED) is 0.379. The van der Waals surface area contributed by atoms with Gasteiger partial charge >= 0.3 is 0 Å². The average molecular weight is 459 g/mol. The standard InChI is InChI=1S/C26H26N4O4/c1-18-3-6-21(7-4-18)26-30-29-25(34-26)10-9-24(31)28-16-20-5-8-22(23(15-20)32-2)33-17-19-11-13-27-14-12-19/h3-8,11-15H,9-10,16-17H2,1-2H3,(H,28,31). The maximum Gasteiger partial charge on any atom is 0.247 e. The zero-order valence-electron chi connectivity index (χ0n) is 19.2. The number of carbonyl (C=O) groups excluding carboxylic acids is 1. The molecule has 2 aromatic heterocycles. The zero-order chi connectivity index (χ0) is 23.8. The second kappa shape index (κ2) is 11.1. The van der Waals surface area contributed by atoms with Gasteiger partial charge in [0.1, 0.15) is 6.61 Å². The summed E-state index contributed by atoms with van der Waals surface area (Å²) in [6.07, 6.45) is 4.07. The molecule has 0 atom stereocenters. The van der Waals surface area contributed by atoms with Gasteiger partial charge in [0.05, 0.1) is 7.11 Å². The molecule has 0 saturated carbocycles.